The highest BCUT2D eigenvalue weighted by Gasteiger charge is 2.21. The van der Waals surface area contributed by atoms with Crippen LogP contribution < -0.4 is 9.47 Å². The van der Waals surface area contributed by atoms with Gasteiger partial charge < -0.3 is 14.2 Å². The van der Waals surface area contributed by atoms with Gasteiger partial charge in [0.15, 0.2) is 17.2 Å². The van der Waals surface area contributed by atoms with Crippen LogP contribution in [0.4, 0.5) is 0 Å². The standard InChI is InChI=1S/C20H17NO4/c1-23-17-10-8-15(13-18(17)24-2)12-16-20(22)25-19(21-16)11-9-14-6-4-3-5-7-14/h3-13H,1-2H3/b11-9+,16-12+. The first-order valence-electron chi connectivity index (χ1n) is 7.67. The van der Waals surface area contributed by atoms with Crippen LogP contribution in [0.1, 0.15) is 11.1 Å². The van der Waals surface area contributed by atoms with Crippen LogP contribution in [0, 0.1) is 0 Å². The van der Waals surface area contributed by atoms with Crippen molar-refractivity contribution in [2.45, 2.75) is 0 Å². The minimum atomic E-state index is -0.484. The minimum Gasteiger partial charge on any atom is -0.493 e. The first-order chi connectivity index (χ1) is 12.2. The number of hydrogen-bond donors (Lipinski definition) is 0. The molecule has 0 fully saturated rings. The van der Waals surface area contributed by atoms with Gasteiger partial charge in [0.05, 0.1) is 14.2 Å². The molecule has 0 radical (unpaired) electrons. The van der Waals surface area contributed by atoms with Crippen molar-refractivity contribution in [3.63, 3.8) is 0 Å². The Morgan fingerprint density at radius 1 is 0.920 bits per heavy atom. The lowest BCUT2D eigenvalue weighted by Crippen LogP contribution is -2.01. The van der Waals surface area contributed by atoms with Crippen molar-refractivity contribution in [2.75, 3.05) is 14.2 Å². The molecule has 5 heteroatoms. The summed E-state index contributed by atoms with van der Waals surface area (Å²) in [4.78, 5) is 16.2. The molecule has 0 bridgehead atoms. The van der Waals surface area contributed by atoms with E-state index >= 15 is 0 Å². The highest BCUT2D eigenvalue weighted by molar-refractivity contribution is 6.11. The molecule has 5 nitrogen and oxygen atoms in total. The molecule has 126 valence electrons. The van der Waals surface area contributed by atoms with Crippen LogP contribution >= 0.6 is 0 Å². The Balaban J connectivity index is 1.82. The number of esters is 1. The lowest BCUT2D eigenvalue weighted by Gasteiger charge is -2.07. The molecule has 0 N–H and O–H groups in total. The van der Waals surface area contributed by atoms with E-state index in [1.807, 2.05) is 42.5 Å². The lowest BCUT2D eigenvalue weighted by molar-refractivity contribution is -0.129. The number of aliphatic imine (C=N–C) groups is 1. The van der Waals surface area contributed by atoms with E-state index in [0.29, 0.717) is 11.5 Å². The fourth-order valence-corrected chi connectivity index (χ4v) is 2.33. The number of benzene rings is 2. The first kappa shape index (κ1) is 16.5. The van der Waals surface area contributed by atoms with Crippen LogP contribution in [-0.4, -0.2) is 26.1 Å². The lowest BCUT2D eigenvalue weighted by atomic mass is 10.1. The third-order valence-electron chi connectivity index (χ3n) is 3.57. The molecule has 0 saturated heterocycles. The molecule has 0 spiro atoms. The average molecular weight is 335 g/mol. The summed E-state index contributed by atoms with van der Waals surface area (Å²) in [6.45, 7) is 0. The van der Waals surface area contributed by atoms with Gasteiger partial charge in [0, 0.05) is 6.08 Å². The maximum absolute atomic E-state index is 12.0. The number of carbonyl (C=O) groups excluding carboxylic acids is 1. The van der Waals surface area contributed by atoms with Crippen LogP contribution in [0.5, 0.6) is 11.5 Å². The molecule has 3 rings (SSSR count). The molecule has 0 saturated carbocycles. The monoisotopic (exact) mass is 335 g/mol. The molecule has 0 atom stereocenters. The van der Waals surface area contributed by atoms with E-state index in [-0.39, 0.29) is 11.6 Å². The molecule has 0 amide bonds. The quantitative estimate of drug-likeness (QED) is 0.617. The van der Waals surface area contributed by atoms with Gasteiger partial charge in [0.2, 0.25) is 5.90 Å². The first-order valence-corrected chi connectivity index (χ1v) is 7.67. The van der Waals surface area contributed by atoms with Gasteiger partial charge in [-0.15, -0.1) is 0 Å². The van der Waals surface area contributed by atoms with Gasteiger partial charge in [0.25, 0.3) is 0 Å². The van der Waals surface area contributed by atoms with Crippen molar-refractivity contribution in [1.29, 1.82) is 0 Å². The zero-order valence-electron chi connectivity index (χ0n) is 13.9. The SMILES string of the molecule is COc1ccc(/C=C2N=C(/C=C/c3ccccc3)OC/2=O)cc1OC. The Bertz CT molecular complexity index is 867. The second kappa shape index (κ2) is 7.49. The fourth-order valence-electron chi connectivity index (χ4n) is 2.33. The second-order valence-corrected chi connectivity index (χ2v) is 5.23. The Morgan fingerprint density at radius 3 is 2.40 bits per heavy atom. The summed E-state index contributed by atoms with van der Waals surface area (Å²) < 4.78 is 15.6. The minimum absolute atomic E-state index is 0.236. The van der Waals surface area contributed by atoms with Gasteiger partial charge >= 0.3 is 5.97 Å². The maximum Gasteiger partial charge on any atom is 0.363 e. The van der Waals surface area contributed by atoms with Gasteiger partial charge in [-0.25, -0.2) is 9.79 Å². The van der Waals surface area contributed by atoms with Crippen LogP contribution in [0.25, 0.3) is 12.2 Å². The molecular weight excluding hydrogens is 318 g/mol. The van der Waals surface area contributed by atoms with E-state index in [9.17, 15) is 4.79 Å². The molecule has 2 aromatic carbocycles. The molecule has 0 unspecified atom stereocenters. The summed E-state index contributed by atoms with van der Waals surface area (Å²) in [6, 6.07) is 15.1. The summed E-state index contributed by atoms with van der Waals surface area (Å²) in [5, 5.41) is 0. The van der Waals surface area contributed by atoms with Crippen molar-refractivity contribution in [3.05, 3.63) is 71.4 Å². The number of hydrogen-bond acceptors (Lipinski definition) is 5. The molecule has 2 aromatic rings. The zero-order chi connectivity index (χ0) is 17.6. The normalized spacial score (nSPS) is 15.4. The van der Waals surface area contributed by atoms with Crippen molar-refractivity contribution >= 4 is 24.0 Å². The molecule has 1 heterocycles. The number of carbonyl (C=O) groups is 1. The van der Waals surface area contributed by atoms with Crippen LogP contribution in [0.3, 0.4) is 0 Å². The summed E-state index contributed by atoms with van der Waals surface area (Å²) >= 11 is 0. The maximum atomic E-state index is 12.0. The summed E-state index contributed by atoms with van der Waals surface area (Å²) in [5.74, 6) is 0.980. The van der Waals surface area contributed by atoms with E-state index in [4.69, 9.17) is 14.2 Å². The number of nitrogens with zero attached hydrogens (tertiary/aromatic N) is 1. The molecular formula is C20H17NO4. The summed E-state index contributed by atoms with van der Waals surface area (Å²) in [5.41, 5.74) is 2.00. The van der Waals surface area contributed by atoms with E-state index in [1.54, 1.807) is 38.5 Å². The Hall–Kier alpha value is -3.34. The van der Waals surface area contributed by atoms with Crippen molar-refractivity contribution in [3.8, 4) is 11.5 Å². The van der Waals surface area contributed by atoms with Crippen molar-refractivity contribution < 1.29 is 19.0 Å². The van der Waals surface area contributed by atoms with Gasteiger partial charge in [-0.1, -0.05) is 36.4 Å². The van der Waals surface area contributed by atoms with Crippen molar-refractivity contribution in [2.24, 2.45) is 4.99 Å². The molecule has 1 aliphatic rings. The number of rotatable bonds is 5. The third kappa shape index (κ3) is 3.95. The highest BCUT2D eigenvalue weighted by Crippen LogP contribution is 2.29. The Morgan fingerprint density at radius 2 is 1.68 bits per heavy atom. The number of ether oxygens (including phenoxy) is 3. The molecule has 25 heavy (non-hydrogen) atoms. The molecule has 0 aliphatic carbocycles. The van der Waals surface area contributed by atoms with Gasteiger partial charge in [0.1, 0.15) is 0 Å². The Labute approximate surface area is 145 Å². The Kier molecular flexibility index (Phi) is 4.95. The van der Waals surface area contributed by atoms with Gasteiger partial charge in [-0.3, -0.25) is 0 Å². The third-order valence-corrected chi connectivity index (χ3v) is 3.57. The van der Waals surface area contributed by atoms with E-state index in [2.05, 4.69) is 4.99 Å². The predicted molar refractivity (Wildman–Crippen MR) is 96.5 cm³/mol. The van der Waals surface area contributed by atoms with E-state index in [1.165, 1.54) is 0 Å². The number of methoxy groups -OCH3 is 2. The number of cyclic esters (lactones) is 1. The van der Waals surface area contributed by atoms with Crippen LogP contribution in [0.15, 0.2) is 65.3 Å². The topological polar surface area (TPSA) is 57.1 Å². The fraction of sp³-hybridized carbons (Fsp3) is 0.100. The van der Waals surface area contributed by atoms with E-state index in [0.717, 1.165) is 11.1 Å². The zero-order valence-corrected chi connectivity index (χ0v) is 13.9. The average Bonchev–Trinajstić information content (AvgIpc) is 3.00. The van der Waals surface area contributed by atoms with Crippen LogP contribution in [-0.2, 0) is 9.53 Å². The highest BCUT2D eigenvalue weighted by atomic mass is 16.6. The van der Waals surface area contributed by atoms with Crippen molar-refractivity contribution in [1.82, 2.24) is 0 Å². The van der Waals surface area contributed by atoms with Crippen LogP contribution in [0.2, 0.25) is 0 Å². The summed E-state index contributed by atoms with van der Waals surface area (Å²) in [7, 11) is 3.13. The van der Waals surface area contributed by atoms with Gasteiger partial charge in [-0.2, -0.15) is 0 Å². The molecule has 0 aromatic heterocycles. The van der Waals surface area contributed by atoms with E-state index < -0.39 is 5.97 Å². The summed E-state index contributed by atoms with van der Waals surface area (Å²) in [6.07, 6.45) is 5.15. The van der Waals surface area contributed by atoms with Gasteiger partial charge in [-0.05, 0) is 35.4 Å². The second-order valence-electron chi connectivity index (χ2n) is 5.23. The predicted octanol–water partition coefficient (Wildman–Crippen LogP) is 3.71. The smallest absolute Gasteiger partial charge is 0.363 e. The molecule has 1 aliphatic heterocycles. The largest absolute Gasteiger partial charge is 0.493 e.